The Balaban J connectivity index is 2.59. The van der Waals surface area contributed by atoms with Crippen molar-refractivity contribution >= 4 is 5.91 Å². The molecule has 1 amide bonds. The zero-order valence-corrected chi connectivity index (χ0v) is 11.1. The first-order valence-corrected chi connectivity index (χ1v) is 6.21. The van der Waals surface area contributed by atoms with E-state index in [-0.39, 0.29) is 17.8 Å². The van der Waals surface area contributed by atoms with Crippen molar-refractivity contribution < 1.29 is 9.18 Å². The molecule has 0 bridgehead atoms. The van der Waals surface area contributed by atoms with E-state index < -0.39 is 6.04 Å². The quantitative estimate of drug-likeness (QED) is 0.845. The number of carbonyl (C=O) groups excluding carboxylic acids is 1. The van der Waals surface area contributed by atoms with Crippen molar-refractivity contribution in [2.24, 2.45) is 11.7 Å². The molecule has 2 unspecified atom stereocenters. The zero-order chi connectivity index (χ0) is 13.7. The van der Waals surface area contributed by atoms with Crippen molar-refractivity contribution in [1.82, 2.24) is 5.32 Å². The molecule has 0 saturated heterocycles. The average Bonchev–Trinajstić information content (AvgIpc) is 2.27. The van der Waals surface area contributed by atoms with Gasteiger partial charge in [0, 0.05) is 0 Å². The molecule has 1 aromatic carbocycles. The standard InChI is InChI=1S/C14H21FN2O/c1-9(2)7-13(16)14(18)17-10(3)11-5-4-6-12(15)8-11/h4-6,8-10,13H,7,16H2,1-3H3,(H,17,18). The van der Waals surface area contributed by atoms with E-state index in [1.54, 1.807) is 12.1 Å². The Morgan fingerprint density at radius 3 is 2.61 bits per heavy atom. The second kappa shape index (κ2) is 6.50. The molecular formula is C14H21FN2O. The largest absolute Gasteiger partial charge is 0.348 e. The van der Waals surface area contributed by atoms with Gasteiger partial charge in [0.25, 0.3) is 0 Å². The van der Waals surface area contributed by atoms with Gasteiger partial charge in [0.1, 0.15) is 5.82 Å². The van der Waals surface area contributed by atoms with Gasteiger partial charge in [0.05, 0.1) is 12.1 Å². The number of nitrogens with two attached hydrogens (primary N) is 1. The SMILES string of the molecule is CC(C)CC(N)C(=O)NC(C)c1cccc(F)c1. The fraction of sp³-hybridized carbons (Fsp3) is 0.500. The molecule has 4 heteroatoms. The Bertz CT molecular complexity index is 407. The van der Waals surface area contributed by atoms with Gasteiger partial charge >= 0.3 is 0 Å². The fourth-order valence-electron chi connectivity index (χ4n) is 1.79. The Morgan fingerprint density at radius 1 is 1.39 bits per heavy atom. The summed E-state index contributed by atoms with van der Waals surface area (Å²) in [4.78, 5) is 11.8. The highest BCUT2D eigenvalue weighted by Crippen LogP contribution is 2.14. The molecule has 3 nitrogen and oxygen atoms in total. The van der Waals surface area contributed by atoms with Gasteiger partial charge in [-0.3, -0.25) is 4.79 Å². The van der Waals surface area contributed by atoms with Crippen LogP contribution in [-0.4, -0.2) is 11.9 Å². The van der Waals surface area contributed by atoms with Crippen molar-refractivity contribution in [3.05, 3.63) is 35.6 Å². The molecule has 0 aromatic heterocycles. The maximum Gasteiger partial charge on any atom is 0.237 e. The lowest BCUT2D eigenvalue weighted by molar-refractivity contribution is -0.123. The van der Waals surface area contributed by atoms with Crippen molar-refractivity contribution in [3.8, 4) is 0 Å². The van der Waals surface area contributed by atoms with Crippen LogP contribution in [0.1, 0.15) is 38.8 Å². The maximum atomic E-state index is 13.1. The van der Waals surface area contributed by atoms with E-state index in [1.807, 2.05) is 20.8 Å². The molecule has 100 valence electrons. The first kappa shape index (κ1) is 14.6. The van der Waals surface area contributed by atoms with E-state index in [0.717, 1.165) is 5.56 Å². The molecule has 2 atom stereocenters. The third kappa shape index (κ3) is 4.45. The minimum absolute atomic E-state index is 0.194. The van der Waals surface area contributed by atoms with E-state index in [0.29, 0.717) is 12.3 Å². The summed E-state index contributed by atoms with van der Waals surface area (Å²) in [5.41, 5.74) is 6.52. The third-order valence-corrected chi connectivity index (χ3v) is 2.77. The highest BCUT2D eigenvalue weighted by molar-refractivity contribution is 5.81. The molecule has 0 saturated carbocycles. The molecule has 0 fully saturated rings. The van der Waals surface area contributed by atoms with Crippen LogP contribution in [0.25, 0.3) is 0 Å². The molecular weight excluding hydrogens is 231 g/mol. The van der Waals surface area contributed by atoms with Crippen molar-refractivity contribution in [1.29, 1.82) is 0 Å². The van der Waals surface area contributed by atoms with Crippen LogP contribution in [0.4, 0.5) is 4.39 Å². The van der Waals surface area contributed by atoms with Crippen LogP contribution in [0.2, 0.25) is 0 Å². The summed E-state index contributed by atoms with van der Waals surface area (Å²) >= 11 is 0. The zero-order valence-electron chi connectivity index (χ0n) is 11.1. The number of carbonyl (C=O) groups is 1. The van der Waals surface area contributed by atoms with Crippen molar-refractivity contribution in [2.45, 2.75) is 39.3 Å². The lowest BCUT2D eigenvalue weighted by Crippen LogP contribution is -2.42. The van der Waals surface area contributed by atoms with Gasteiger partial charge in [-0.05, 0) is 37.0 Å². The lowest BCUT2D eigenvalue weighted by Gasteiger charge is -2.19. The number of hydrogen-bond donors (Lipinski definition) is 2. The summed E-state index contributed by atoms with van der Waals surface area (Å²) in [5.74, 6) is -0.129. The van der Waals surface area contributed by atoms with Crippen LogP contribution >= 0.6 is 0 Å². The van der Waals surface area contributed by atoms with Crippen molar-refractivity contribution in [3.63, 3.8) is 0 Å². The summed E-state index contributed by atoms with van der Waals surface area (Å²) in [6.07, 6.45) is 0.641. The summed E-state index contributed by atoms with van der Waals surface area (Å²) in [5, 5.41) is 2.80. The average molecular weight is 252 g/mol. The molecule has 0 radical (unpaired) electrons. The smallest absolute Gasteiger partial charge is 0.237 e. The van der Waals surface area contributed by atoms with E-state index in [9.17, 15) is 9.18 Å². The number of amides is 1. The normalized spacial score (nSPS) is 14.3. The lowest BCUT2D eigenvalue weighted by atomic mass is 10.0. The molecule has 1 rings (SSSR count). The molecule has 0 aliphatic rings. The van der Waals surface area contributed by atoms with E-state index in [4.69, 9.17) is 5.73 Å². The van der Waals surface area contributed by atoms with Gasteiger partial charge in [-0.15, -0.1) is 0 Å². The first-order chi connectivity index (χ1) is 8.40. The number of benzene rings is 1. The second-order valence-electron chi connectivity index (χ2n) is 5.02. The monoisotopic (exact) mass is 252 g/mol. The number of nitrogens with one attached hydrogen (secondary N) is 1. The Kier molecular flexibility index (Phi) is 5.28. The Morgan fingerprint density at radius 2 is 2.06 bits per heavy atom. The summed E-state index contributed by atoms with van der Waals surface area (Å²) in [6, 6.07) is 5.44. The minimum atomic E-state index is -0.513. The molecule has 1 aromatic rings. The van der Waals surface area contributed by atoms with Gasteiger partial charge in [-0.25, -0.2) is 4.39 Å². The highest BCUT2D eigenvalue weighted by atomic mass is 19.1. The van der Waals surface area contributed by atoms with Crippen LogP contribution in [0.3, 0.4) is 0 Å². The van der Waals surface area contributed by atoms with E-state index >= 15 is 0 Å². The summed E-state index contributed by atoms with van der Waals surface area (Å²) in [7, 11) is 0. The molecule has 0 aliphatic carbocycles. The highest BCUT2D eigenvalue weighted by Gasteiger charge is 2.17. The molecule has 0 spiro atoms. The van der Waals surface area contributed by atoms with Crippen LogP contribution < -0.4 is 11.1 Å². The first-order valence-electron chi connectivity index (χ1n) is 6.21. The van der Waals surface area contributed by atoms with Crippen LogP contribution in [-0.2, 0) is 4.79 Å². The number of rotatable bonds is 5. The third-order valence-electron chi connectivity index (χ3n) is 2.77. The minimum Gasteiger partial charge on any atom is -0.348 e. The molecule has 18 heavy (non-hydrogen) atoms. The number of halogens is 1. The summed E-state index contributed by atoms with van der Waals surface area (Å²) in [6.45, 7) is 5.85. The molecule has 3 N–H and O–H groups in total. The van der Waals surface area contributed by atoms with Crippen LogP contribution in [0.15, 0.2) is 24.3 Å². The van der Waals surface area contributed by atoms with Crippen molar-refractivity contribution in [2.75, 3.05) is 0 Å². The van der Waals surface area contributed by atoms with Gasteiger partial charge < -0.3 is 11.1 Å². The predicted molar refractivity (Wildman–Crippen MR) is 70.4 cm³/mol. The Hall–Kier alpha value is -1.42. The molecule has 0 heterocycles. The predicted octanol–water partition coefficient (Wildman–Crippen LogP) is 2.38. The van der Waals surface area contributed by atoms with Crippen LogP contribution in [0.5, 0.6) is 0 Å². The van der Waals surface area contributed by atoms with Gasteiger partial charge in [-0.1, -0.05) is 26.0 Å². The van der Waals surface area contributed by atoms with Gasteiger partial charge in [0.2, 0.25) is 5.91 Å². The fourth-order valence-corrected chi connectivity index (χ4v) is 1.79. The second-order valence-corrected chi connectivity index (χ2v) is 5.02. The van der Waals surface area contributed by atoms with E-state index in [1.165, 1.54) is 12.1 Å². The Labute approximate surface area is 108 Å². The van der Waals surface area contributed by atoms with Gasteiger partial charge in [-0.2, -0.15) is 0 Å². The molecule has 0 aliphatic heterocycles. The topological polar surface area (TPSA) is 55.1 Å². The van der Waals surface area contributed by atoms with E-state index in [2.05, 4.69) is 5.32 Å². The van der Waals surface area contributed by atoms with Gasteiger partial charge in [0.15, 0.2) is 0 Å². The van der Waals surface area contributed by atoms with Crippen LogP contribution in [0, 0.1) is 11.7 Å². The maximum absolute atomic E-state index is 13.1. The number of hydrogen-bond acceptors (Lipinski definition) is 2. The summed E-state index contributed by atoms with van der Waals surface area (Å²) < 4.78 is 13.1.